The number of ether oxygens (including phenoxy) is 1. The summed E-state index contributed by atoms with van der Waals surface area (Å²) in [7, 11) is -3.49. The number of nitrogens with two attached hydrogens (primary N) is 1. The molecule has 0 aromatic carbocycles. The van der Waals surface area contributed by atoms with Crippen molar-refractivity contribution in [1.82, 2.24) is 5.32 Å². The van der Waals surface area contributed by atoms with Gasteiger partial charge in [0.25, 0.3) is 0 Å². The second-order valence-electron chi connectivity index (χ2n) is 3.53. The molecule has 2 atom stereocenters. The Labute approximate surface area is 85.1 Å². The molecule has 3 N–H and O–H groups in total. The molecule has 0 radical (unpaired) electrons. The average molecular weight is 222 g/mol. The summed E-state index contributed by atoms with van der Waals surface area (Å²) >= 11 is 0. The molecule has 2 unspecified atom stereocenters. The molecule has 0 amide bonds. The van der Waals surface area contributed by atoms with Gasteiger partial charge < -0.3 is 10.1 Å². The van der Waals surface area contributed by atoms with Gasteiger partial charge in [-0.1, -0.05) is 13.3 Å². The first kappa shape index (κ1) is 11.9. The summed E-state index contributed by atoms with van der Waals surface area (Å²) in [6, 6.07) is 0. The van der Waals surface area contributed by atoms with Gasteiger partial charge in [-0.15, -0.1) is 0 Å². The van der Waals surface area contributed by atoms with Gasteiger partial charge in [0.15, 0.2) is 0 Å². The van der Waals surface area contributed by atoms with E-state index in [1.165, 1.54) is 0 Å². The van der Waals surface area contributed by atoms with Crippen molar-refractivity contribution < 1.29 is 13.2 Å². The molecular weight excluding hydrogens is 204 g/mol. The fraction of sp³-hybridized carbons (Fsp3) is 1.00. The van der Waals surface area contributed by atoms with Crippen LogP contribution in [0.15, 0.2) is 0 Å². The summed E-state index contributed by atoms with van der Waals surface area (Å²) in [6.45, 7) is 3.84. The number of nitrogens with one attached hydrogen (secondary N) is 1. The summed E-state index contributed by atoms with van der Waals surface area (Å²) in [6.07, 6.45) is 1.06. The monoisotopic (exact) mass is 222 g/mol. The van der Waals surface area contributed by atoms with Crippen LogP contribution in [0.25, 0.3) is 0 Å². The Morgan fingerprint density at radius 2 is 2.36 bits per heavy atom. The standard InChI is InChI=1S/C8H18N2O3S/c1-2-3-8(14(9,11)12)7-6-10-4-5-13-7/h7-8,10H,2-6H2,1H3,(H2,9,11,12). The van der Waals surface area contributed by atoms with E-state index >= 15 is 0 Å². The molecule has 1 rings (SSSR count). The molecule has 84 valence electrons. The second kappa shape index (κ2) is 5.06. The molecule has 1 fully saturated rings. The summed E-state index contributed by atoms with van der Waals surface area (Å²) in [5.41, 5.74) is 0. The molecule has 6 heteroatoms. The molecule has 1 aliphatic heterocycles. The third kappa shape index (κ3) is 3.20. The number of sulfonamides is 1. The van der Waals surface area contributed by atoms with E-state index in [2.05, 4.69) is 5.32 Å². The van der Waals surface area contributed by atoms with Crippen LogP contribution in [0, 0.1) is 0 Å². The zero-order valence-electron chi connectivity index (χ0n) is 8.40. The molecule has 0 saturated carbocycles. The lowest BCUT2D eigenvalue weighted by Crippen LogP contribution is -2.49. The molecule has 1 saturated heterocycles. The normalized spacial score (nSPS) is 26.0. The minimum Gasteiger partial charge on any atom is -0.374 e. The molecule has 1 aliphatic rings. The Morgan fingerprint density at radius 3 is 2.79 bits per heavy atom. The minimum absolute atomic E-state index is 0.293. The molecule has 5 nitrogen and oxygen atoms in total. The Hall–Kier alpha value is -0.170. The Bertz CT molecular complexity index is 260. The number of hydrogen-bond acceptors (Lipinski definition) is 4. The molecule has 14 heavy (non-hydrogen) atoms. The molecular formula is C8H18N2O3S. The maximum absolute atomic E-state index is 11.3. The summed E-state index contributed by atoms with van der Waals surface area (Å²) in [4.78, 5) is 0. The van der Waals surface area contributed by atoms with E-state index in [0.29, 0.717) is 19.6 Å². The smallest absolute Gasteiger partial charge is 0.214 e. The van der Waals surface area contributed by atoms with E-state index in [1.54, 1.807) is 0 Å². The van der Waals surface area contributed by atoms with E-state index in [9.17, 15) is 8.42 Å². The maximum Gasteiger partial charge on any atom is 0.214 e. The molecule has 1 heterocycles. The van der Waals surface area contributed by atoms with Crippen molar-refractivity contribution >= 4 is 10.0 Å². The Morgan fingerprint density at radius 1 is 1.64 bits per heavy atom. The van der Waals surface area contributed by atoms with Crippen molar-refractivity contribution in [2.45, 2.75) is 31.1 Å². The second-order valence-corrected chi connectivity index (χ2v) is 5.31. The van der Waals surface area contributed by atoms with Gasteiger partial charge in [0.2, 0.25) is 10.0 Å². The van der Waals surface area contributed by atoms with Gasteiger partial charge in [-0.25, -0.2) is 13.6 Å². The first-order valence-corrected chi connectivity index (χ1v) is 6.50. The van der Waals surface area contributed by atoms with Gasteiger partial charge >= 0.3 is 0 Å². The molecule has 0 spiro atoms. The molecule has 0 bridgehead atoms. The average Bonchev–Trinajstić information content (AvgIpc) is 2.14. The molecule has 0 aromatic heterocycles. The maximum atomic E-state index is 11.3. The van der Waals surface area contributed by atoms with Crippen molar-refractivity contribution in [3.05, 3.63) is 0 Å². The lowest BCUT2D eigenvalue weighted by Gasteiger charge is -2.29. The SMILES string of the molecule is CCCC(C1CNCCO1)S(N)(=O)=O. The molecule has 0 aromatic rings. The van der Waals surface area contributed by atoms with Crippen LogP contribution in [0.5, 0.6) is 0 Å². The van der Waals surface area contributed by atoms with Crippen LogP contribution in [0.4, 0.5) is 0 Å². The first-order chi connectivity index (χ1) is 6.55. The number of morpholine rings is 1. The van der Waals surface area contributed by atoms with Crippen molar-refractivity contribution in [1.29, 1.82) is 0 Å². The van der Waals surface area contributed by atoms with E-state index in [0.717, 1.165) is 13.0 Å². The summed E-state index contributed by atoms with van der Waals surface area (Å²) < 4.78 is 28.0. The van der Waals surface area contributed by atoms with E-state index in [1.807, 2.05) is 6.92 Å². The van der Waals surface area contributed by atoms with Crippen LogP contribution >= 0.6 is 0 Å². The lowest BCUT2D eigenvalue weighted by atomic mass is 10.1. The molecule has 0 aliphatic carbocycles. The van der Waals surface area contributed by atoms with E-state index < -0.39 is 15.3 Å². The van der Waals surface area contributed by atoms with Crippen molar-refractivity contribution in [3.63, 3.8) is 0 Å². The van der Waals surface area contributed by atoms with Crippen molar-refractivity contribution in [3.8, 4) is 0 Å². The Kier molecular flexibility index (Phi) is 4.31. The topological polar surface area (TPSA) is 81.4 Å². The van der Waals surface area contributed by atoms with Crippen LogP contribution in [-0.2, 0) is 14.8 Å². The fourth-order valence-electron chi connectivity index (χ4n) is 1.67. The van der Waals surface area contributed by atoms with Crippen molar-refractivity contribution in [2.75, 3.05) is 19.7 Å². The van der Waals surface area contributed by atoms with Crippen LogP contribution < -0.4 is 10.5 Å². The van der Waals surface area contributed by atoms with Crippen LogP contribution in [0.3, 0.4) is 0 Å². The highest BCUT2D eigenvalue weighted by Gasteiger charge is 2.31. The first-order valence-electron chi connectivity index (χ1n) is 4.89. The highest BCUT2D eigenvalue weighted by molar-refractivity contribution is 7.89. The minimum atomic E-state index is -3.49. The van der Waals surface area contributed by atoms with Gasteiger partial charge in [-0.05, 0) is 6.42 Å². The third-order valence-corrected chi connectivity index (χ3v) is 3.75. The highest BCUT2D eigenvalue weighted by Crippen LogP contribution is 2.14. The highest BCUT2D eigenvalue weighted by atomic mass is 32.2. The number of hydrogen-bond donors (Lipinski definition) is 2. The predicted molar refractivity (Wildman–Crippen MR) is 54.4 cm³/mol. The van der Waals surface area contributed by atoms with Gasteiger partial charge in [-0.2, -0.15) is 0 Å². The van der Waals surface area contributed by atoms with Crippen molar-refractivity contribution in [2.24, 2.45) is 5.14 Å². The Balaban J connectivity index is 2.66. The number of rotatable bonds is 4. The van der Waals surface area contributed by atoms with Gasteiger partial charge in [0.1, 0.15) is 5.25 Å². The van der Waals surface area contributed by atoms with E-state index in [4.69, 9.17) is 9.88 Å². The largest absolute Gasteiger partial charge is 0.374 e. The van der Waals surface area contributed by atoms with Gasteiger partial charge in [0, 0.05) is 13.1 Å². The third-order valence-electron chi connectivity index (χ3n) is 2.37. The zero-order valence-corrected chi connectivity index (χ0v) is 9.22. The predicted octanol–water partition coefficient (Wildman–Crippen LogP) is -0.568. The van der Waals surface area contributed by atoms with Gasteiger partial charge in [0.05, 0.1) is 12.7 Å². The summed E-state index contributed by atoms with van der Waals surface area (Å²) in [5.74, 6) is 0. The van der Waals surface area contributed by atoms with E-state index in [-0.39, 0.29) is 6.10 Å². The van der Waals surface area contributed by atoms with Gasteiger partial charge in [-0.3, -0.25) is 0 Å². The van der Waals surface area contributed by atoms with Crippen LogP contribution in [0.2, 0.25) is 0 Å². The zero-order chi connectivity index (χ0) is 10.6. The van der Waals surface area contributed by atoms with Crippen LogP contribution in [0.1, 0.15) is 19.8 Å². The van der Waals surface area contributed by atoms with Crippen LogP contribution in [-0.4, -0.2) is 39.5 Å². The summed E-state index contributed by atoms with van der Waals surface area (Å²) in [5, 5.41) is 7.69. The number of primary sulfonamides is 1. The lowest BCUT2D eigenvalue weighted by molar-refractivity contribution is 0.0246. The fourth-order valence-corrected chi connectivity index (χ4v) is 2.83. The quantitative estimate of drug-likeness (QED) is 0.667.